The lowest BCUT2D eigenvalue weighted by Crippen LogP contribution is -2.42. The van der Waals surface area contributed by atoms with E-state index in [0.29, 0.717) is 17.9 Å². The molecule has 4 atom stereocenters. The molecule has 1 aromatic carbocycles. The van der Waals surface area contributed by atoms with Gasteiger partial charge in [0.05, 0.1) is 0 Å². The Labute approximate surface area is 114 Å². The summed E-state index contributed by atoms with van der Waals surface area (Å²) in [6.45, 7) is 6.33. The minimum atomic E-state index is -0.462. The Kier molecular flexibility index (Phi) is 4.56. The molecule has 0 radical (unpaired) electrons. The summed E-state index contributed by atoms with van der Waals surface area (Å²) in [5.41, 5.74) is 0.160. The van der Waals surface area contributed by atoms with Crippen LogP contribution in [-0.4, -0.2) is 6.04 Å². The van der Waals surface area contributed by atoms with Crippen molar-refractivity contribution in [2.45, 2.75) is 52.1 Å². The van der Waals surface area contributed by atoms with E-state index in [1.54, 1.807) is 0 Å². The van der Waals surface area contributed by atoms with Crippen LogP contribution in [0.4, 0.5) is 8.78 Å². The Hall–Kier alpha value is -0.960. The molecular weight excluding hydrogens is 244 g/mol. The lowest BCUT2D eigenvalue weighted by atomic mass is 9.77. The van der Waals surface area contributed by atoms with Gasteiger partial charge in [-0.25, -0.2) is 8.78 Å². The summed E-state index contributed by atoms with van der Waals surface area (Å²) in [4.78, 5) is 0. The average molecular weight is 267 g/mol. The van der Waals surface area contributed by atoms with Crippen LogP contribution in [0.2, 0.25) is 0 Å². The maximum atomic E-state index is 13.7. The predicted octanol–water partition coefficient (Wildman–Crippen LogP) is 4.44. The second kappa shape index (κ2) is 6.00. The van der Waals surface area contributed by atoms with Crippen LogP contribution >= 0.6 is 0 Å². The van der Waals surface area contributed by atoms with Crippen molar-refractivity contribution in [2.75, 3.05) is 0 Å². The smallest absolute Gasteiger partial charge is 0.130 e. The zero-order valence-electron chi connectivity index (χ0n) is 11.9. The summed E-state index contributed by atoms with van der Waals surface area (Å²) in [5, 5.41) is 3.42. The van der Waals surface area contributed by atoms with Gasteiger partial charge in [0.15, 0.2) is 0 Å². The monoisotopic (exact) mass is 267 g/mol. The van der Waals surface area contributed by atoms with Crippen LogP contribution in [0.25, 0.3) is 0 Å². The summed E-state index contributed by atoms with van der Waals surface area (Å²) in [6, 6.07) is 4.11. The SMILES string of the molecule is CC(NC1CCCC(C)C1C)c1c(F)cccc1F. The molecule has 1 nitrogen and oxygen atoms in total. The maximum Gasteiger partial charge on any atom is 0.130 e. The van der Waals surface area contributed by atoms with E-state index in [4.69, 9.17) is 0 Å². The van der Waals surface area contributed by atoms with E-state index in [0.717, 1.165) is 6.42 Å². The van der Waals surface area contributed by atoms with Crippen molar-refractivity contribution in [1.29, 1.82) is 0 Å². The molecule has 1 saturated carbocycles. The molecule has 19 heavy (non-hydrogen) atoms. The van der Waals surface area contributed by atoms with Crippen molar-refractivity contribution in [2.24, 2.45) is 11.8 Å². The fourth-order valence-corrected chi connectivity index (χ4v) is 3.15. The minimum absolute atomic E-state index is 0.160. The highest BCUT2D eigenvalue weighted by atomic mass is 19.1. The summed E-state index contributed by atoms with van der Waals surface area (Å²) >= 11 is 0. The van der Waals surface area contributed by atoms with Crippen LogP contribution in [0.1, 0.15) is 51.6 Å². The minimum Gasteiger partial charge on any atom is -0.307 e. The Balaban J connectivity index is 2.10. The Morgan fingerprint density at radius 1 is 1.16 bits per heavy atom. The maximum absolute atomic E-state index is 13.7. The highest BCUT2D eigenvalue weighted by Gasteiger charge is 2.29. The fourth-order valence-electron chi connectivity index (χ4n) is 3.15. The van der Waals surface area contributed by atoms with Crippen molar-refractivity contribution in [1.82, 2.24) is 5.32 Å². The normalized spacial score (nSPS) is 29.2. The number of rotatable bonds is 3. The quantitative estimate of drug-likeness (QED) is 0.853. The number of hydrogen-bond acceptors (Lipinski definition) is 1. The molecule has 0 amide bonds. The molecule has 3 heteroatoms. The molecular formula is C16H23F2N. The number of nitrogens with one attached hydrogen (secondary N) is 1. The molecule has 0 heterocycles. The molecule has 0 bridgehead atoms. The fraction of sp³-hybridized carbons (Fsp3) is 0.625. The van der Waals surface area contributed by atoms with Crippen molar-refractivity contribution in [3.05, 3.63) is 35.4 Å². The summed E-state index contributed by atoms with van der Waals surface area (Å²) in [5.74, 6) is 0.294. The van der Waals surface area contributed by atoms with Gasteiger partial charge >= 0.3 is 0 Å². The van der Waals surface area contributed by atoms with E-state index in [1.807, 2.05) is 6.92 Å². The van der Waals surface area contributed by atoms with E-state index >= 15 is 0 Å². The molecule has 1 N–H and O–H groups in total. The third-order valence-corrected chi connectivity index (χ3v) is 4.60. The second-order valence-electron chi connectivity index (χ2n) is 5.90. The third-order valence-electron chi connectivity index (χ3n) is 4.60. The van der Waals surface area contributed by atoms with Crippen LogP contribution in [0.5, 0.6) is 0 Å². The van der Waals surface area contributed by atoms with Crippen molar-refractivity contribution in [3.8, 4) is 0 Å². The zero-order valence-corrected chi connectivity index (χ0v) is 11.9. The Morgan fingerprint density at radius 3 is 2.42 bits per heavy atom. The van der Waals surface area contributed by atoms with Crippen LogP contribution in [0.15, 0.2) is 18.2 Å². The second-order valence-corrected chi connectivity index (χ2v) is 5.90. The average Bonchev–Trinajstić information content (AvgIpc) is 2.35. The van der Waals surface area contributed by atoms with Crippen molar-refractivity contribution >= 4 is 0 Å². The van der Waals surface area contributed by atoms with Crippen LogP contribution in [-0.2, 0) is 0 Å². The van der Waals surface area contributed by atoms with Gasteiger partial charge in [0.25, 0.3) is 0 Å². The van der Waals surface area contributed by atoms with Crippen LogP contribution < -0.4 is 5.32 Å². The van der Waals surface area contributed by atoms with Crippen molar-refractivity contribution < 1.29 is 8.78 Å². The largest absolute Gasteiger partial charge is 0.307 e. The summed E-state index contributed by atoms with van der Waals surface area (Å²) < 4.78 is 27.5. The standard InChI is InChI=1S/C16H23F2N/c1-10-6-4-9-15(11(10)2)19-12(3)16-13(17)7-5-8-14(16)18/h5,7-8,10-12,15,19H,4,6,9H2,1-3H3. The lowest BCUT2D eigenvalue weighted by Gasteiger charge is -2.36. The van der Waals surface area contributed by atoms with Crippen LogP contribution in [0.3, 0.4) is 0 Å². The van der Waals surface area contributed by atoms with Crippen molar-refractivity contribution in [3.63, 3.8) is 0 Å². The topological polar surface area (TPSA) is 12.0 Å². The lowest BCUT2D eigenvalue weighted by molar-refractivity contribution is 0.194. The summed E-state index contributed by atoms with van der Waals surface area (Å²) in [7, 11) is 0. The van der Waals surface area contributed by atoms with E-state index in [-0.39, 0.29) is 11.6 Å². The van der Waals surface area contributed by atoms with Crippen LogP contribution in [0, 0.1) is 23.5 Å². The molecule has 0 saturated heterocycles. The molecule has 106 valence electrons. The Bertz CT molecular complexity index is 413. The highest BCUT2D eigenvalue weighted by Crippen LogP contribution is 2.31. The molecule has 1 fully saturated rings. The highest BCUT2D eigenvalue weighted by molar-refractivity contribution is 5.23. The third kappa shape index (κ3) is 3.14. The molecule has 0 spiro atoms. The van der Waals surface area contributed by atoms with Gasteiger partial charge in [0.1, 0.15) is 11.6 Å². The summed E-state index contributed by atoms with van der Waals surface area (Å²) in [6.07, 6.45) is 3.53. The molecule has 0 aromatic heterocycles. The van der Waals surface area contributed by atoms with Gasteiger partial charge in [-0.2, -0.15) is 0 Å². The molecule has 1 aliphatic rings. The first-order valence-electron chi connectivity index (χ1n) is 7.20. The van der Waals surface area contributed by atoms with Gasteiger partial charge in [-0.3, -0.25) is 0 Å². The van der Waals surface area contributed by atoms with Gasteiger partial charge in [-0.15, -0.1) is 0 Å². The van der Waals surface area contributed by atoms with E-state index in [9.17, 15) is 8.78 Å². The Morgan fingerprint density at radius 2 is 1.79 bits per heavy atom. The van der Waals surface area contributed by atoms with E-state index < -0.39 is 11.6 Å². The first-order valence-corrected chi connectivity index (χ1v) is 7.20. The molecule has 1 aromatic rings. The zero-order chi connectivity index (χ0) is 14.0. The van der Waals surface area contributed by atoms with Gasteiger partial charge in [-0.05, 0) is 37.3 Å². The first-order chi connectivity index (χ1) is 9.00. The molecule has 1 aliphatic carbocycles. The predicted molar refractivity (Wildman–Crippen MR) is 73.9 cm³/mol. The number of hydrogen-bond donors (Lipinski definition) is 1. The number of halogens is 2. The van der Waals surface area contributed by atoms with Gasteiger partial charge in [-0.1, -0.05) is 32.8 Å². The van der Waals surface area contributed by atoms with Gasteiger partial charge < -0.3 is 5.32 Å². The van der Waals surface area contributed by atoms with Gasteiger partial charge in [0, 0.05) is 17.6 Å². The molecule has 4 unspecified atom stereocenters. The van der Waals surface area contributed by atoms with E-state index in [2.05, 4.69) is 19.2 Å². The number of benzene rings is 1. The van der Waals surface area contributed by atoms with E-state index in [1.165, 1.54) is 31.0 Å². The van der Waals surface area contributed by atoms with Gasteiger partial charge in [0.2, 0.25) is 0 Å². The molecule has 0 aliphatic heterocycles. The first kappa shape index (κ1) is 14.4. The molecule has 2 rings (SSSR count).